The number of carbonyl (C=O) groups is 6. The Balaban J connectivity index is 1.16. The maximum atomic E-state index is 14.6. The minimum Gasteiger partial charge on any atom is -0.394 e. The van der Waals surface area contributed by atoms with Crippen molar-refractivity contribution in [2.24, 2.45) is 16.6 Å². The average Bonchev–Trinajstić information content (AvgIpc) is 3.95. The lowest BCUT2D eigenvalue weighted by Gasteiger charge is -2.36. The Morgan fingerprint density at radius 2 is 1.10 bits per heavy atom. The summed E-state index contributed by atoms with van der Waals surface area (Å²) < 4.78 is 12.7. The lowest BCUT2D eigenvalue weighted by atomic mass is 9.85. The van der Waals surface area contributed by atoms with E-state index in [1.54, 1.807) is 39.6 Å². The molecule has 2 aromatic rings. The summed E-state index contributed by atoms with van der Waals surface area (Å²) >= 11 is 0. The number of ether oxygens (including phenoxy) is 2. The molecule has 6 amide bonds. The van der Waals surface area contributed by atoms with Gasteiger partial charge in [0.2, 0.25) is 35.4 Å². The Bertz CT molecular complexity index is 1970. The molecular formula is C51H76N8O9. The van der Waals surface area contributed by atoms with Gasteiger partial charge < -0.3 is 56.7 Å². The van der Waals surface area contributed by atoms with Gasteiger partial charge in [-0.3, -0.25) is 28.8 Å². The van der Waals surface area contributed by atoms with Crippen LogP contribution in [0.1, 0.15) is 121 Å². The van der Waals surface area contributed by atoms with Crippen LogP contribution >= 0.6 is 0 Å². The van der Waals surface area contributed by atoms with Gasteiger partial charge in [0.15, 0.2) is 0 Å². The van der Waals surface area contributed by atoms with Crippen LogP contribution in [0.4, 0.5) is 0 Å². The third-order valence-corrected chi connectivity index (χ3v) is 14.0. The molecule has 374 valence electrons. The van der Waals surface area contributed by atoms with E-state index in [1.165, 1.54) is 16.0 Å². The lowest BCUT2D eigenvalue weighted by molar-refractivity contribution is -0.144. The minimum atomic E-state index is -1.23. The minimum absolute atomic E-state index is 0.0665. The number of likely N-dealkylation sites (tertiary alicyclic amines) is 2. The number of benzene rings is 2. The van der Waals surface area contributed by atoms with E-state index in [9.17, 15) is 33.9 Å². The highest BCUT2D eigenvalue weighted by molar-refractivity contribution is 5.95. The van der Waals surface area contributed by atoms with Crippen LogP contribution in [0.5, 0.6) is 0 Å². The lowest BCUT2D eigenvalue weighted by Crippen LogP contribution is -2.60. The van der Waals surface area contributed by atoms with Gasteiger partial charge in [0.05, 0.1) is 50.2 Å². The molecular weight excluding hydrogens is 869 g/mol. The number of carbonyl (C=O) groups excluding carboxylic acids is 6. The van der Waals surface area contributed by atoms with E-state index >= 15 is 0 Å². The van der Waals surface area contributed by atoms with E-state index in [0.717, 1.165) is 49.7 Å². The van der Waals surface area contributed by atoms with Crippen LogP contribution < -0.4 is 32.3 Å². The van der Waals surface area contributed by atoms with Gasteiger partial charge in [-0.05, 0) is 85.6 Å². The second-order valence-corrected chi connectivity index (χ2v) is 21.2. The van der Waals surface area contributed by atoms with Crippen molar-refractivity contribution in [1.29, 1.82) is 0 Å². The molecule has 17 heteroatoms. The summed E-state index contributed by atoms with van der Waals surface area (Å²) in [5.74, 6) is -2.47. The highest BCUT2D eigenvalue weighted by Gasteiger charge is 2.48. The number of aliphatic hydroxyl groups is 1. The molecule has 0 unspecified atom stereocenters. The van der Waals surface area contributed by atoms with E-state index in [4.69, 9.17) is 15.2 Å². The van der Waals surface area contributed by atoms with Crippen molar-refractivity contribution >= 4 is 35.4 Å². The zero-order chi connectivity index (χ0) is 49.5. The molecule has 0 saturated carbocycles. The molecule has 6 rings (SSSR count). The van der Waals surface area contributed by atoms with Gasteiger partial charge in [0.25, 0.3) is 0 Å². The third kappa shape index (κ3) is 12.6. The molecule has 0 radical (unpaired) electrons. The second-order valence-electron chi connectivity index (χ2n) is 21.2. The molecule has 0 aromatic heterocycles. The zero-order valence-electron chi connectivity index (χ0n) is 41.3. The molecule has 2 aromatic carbocycles. The van der Waals surface area contributed by atoms with Crippen LogP contribution in [0.2, 0.25) is 0 Å². The summed E-state index contributed by atoms with van der Waals surface area (Å²) in [7, 11) is 1.67. The summed E-state index contributed by atoms with van der Waals surface area (Å²) in [4.78, 5) is 86.9. The van der Waals surface area contributed by atoms with Crippen LogP contribution in [0.15, 0.2) is 48.5 Å². The van der Waals surface area contributed by atoms with Crippen molar-refractivity contribution < 1.29 is 43.3 Å². The molecule has 4 aliphatic rings. The van der Waals surface area contributed by atoms with Gasteiger partial charge >= 0.3 is 0 Å². The van der Waals surface area contributed by atoms with Gasteiger partial charge in [-0.25, -0.2) is 0 Å². The molecule has 8 N–H and O–H groups in total. The molecule has 17 nitrogen and oxygen atoms in total. The highest BCUT2D eigenvalue weighted by Crippen LogP contribution is 2.34. The number of nitrogens with two attached hydrogens (primary N) is 1. The highest BCUT2D eigenvalue weighted by atomic mass is 16.5. The van der Waals surface area contributed by atoms with Gasteiger partial charge in [-0.1, -0.05) is 90.1 Å². The van der Waals surface area contributed by atoms with Gasteiger partial charge in [-0.15, -0.1) is 0 Å². The van der Waals surface area contributed by atoms with Gasteiger partial charge in [-0.2, -0.15) is 0 Å². The van der Waals surface area contributed by atoms with Crippen LogP contribution in [0, 0.1) is 10.8 Å². The zero-order valence-corrected chi connectivity index (χ0v) is 41.3. The van der Waals surface area contributed by atoms with Crippen molar-refractivity contribution in [3.8, 4) is 0 Å². The topological polar surface area (TPSA) is 234 Å². The Hall–Kier alpha value is -4.94. The van der Waals surface area contributed by atoms with E-state index in [2.05, 4.69) is 38.7 Å². The largest absolute Gasteiger partial charge is 0.394 e. The van der Waals surface area contributed by atoms with E-state index in [0.29, 0.717) is 0 Å². The van der Waals surface area contributed by atoms with E-state index in [1.807, 2.05) is 57.2 Å². The molecule has 2 saturated heterocycles. The standard InChI is InChI=1S/C51H76N8O9/c1-30(53-8)44(61)56-42(50(2,3)4)48(65)58-27-33(25-40(58)46(63)54-38-21-13-17-31-15-9-11-19-35(31)38)67-23-24-68-34-26-41(47(64)55-39-22-14-18-32-16-10-12-20-36(32)39)59(28-34)49(66)43(51(5,6)7)57-45(62)37(52)29-60/h9-12,15-16,19-20,30,33-34,37-43,53,60H,13-14,17-18,21-29,52H2,1-8H3,(H,54,63)(H,55,64)(H,56,61)(H,57,62)/t30-,33-,34-,37-,38+,39+,40-,41-,42+,43+/m0/s1. The van der Waals surface area contributed by atoms with Crippen molar-refractivity contribution in [2.75, 3.05) is 40.0 Å². The van der Waals surface area contributed by atoms with Crippen LogP contribution in [-0.2, 0) is 51.1 Å². The fourth-order valence-electron chi connectivity index (χ4n) is 9.95. The summed E-state index contributed by atoms with van der Waals surface area (Å²) in [6.07, 6.45) is 4.51. The molecule has 68 heavy (non-hydrogen) atoms. The summed E-state index contributed by atoms with van der Waals surface area (Å²) in [6, 6.07) is 10.1. The normalized spacial score (nSPS) is 24.4. The Morgan fingerprint density at radius 3 is 1.50 bits per heavy atom. The van der Waals surface area contributed by atoms with Gasteiger partial charge in [0, 0.05) is 25.9 Å². The first kappa shape index (κ1) is 52.4. The Morgan fingerprint density at radius 1 is 0.691 bits per heavy atom. The molecule has 0 bridgehead atoms. The summed E-state index contributed by atoms with van der Waals surface area (Å²) in [5.41, 5.74) is 8.87. The number of nitrogens with one attached hydrogen (secondary N) is 5. The Labute approximate surface area is 401 Å². The maximum Gasteiger partial charge on any atom is 0.246 e. The second kappa shape index (κ2) is 22.7. The number of amides is 6. The van der Waals surface area contributed by atoms with Gasteiger partial charge in [0.1, 0.15) is 30.2 Å². The number of hydrogen-bond donors (Lipinski definition) is 7. The predicted octanol–water partition coefficient (Wildman–Crippen LogP) is 2.34. The van der Waals surface area contributed by atoms with Crippen LogP contribution in [0.25, 0.3) is 0 Å². The average molecular weight is 945 g/mol. The van der Waals surface area contributed by atoms with Crippen LogP contribution in [-0.4, -0.2) is 139 Å². The first-order chi connectivity index (χ1) is 32.2. The van der Waals surface area contributed by atoms with Crippen molar-refractivity contribution in [1.82, 2.24) is 36.4 Å². The molecule has 2 fully saturated rings. The van der Waals surface area contributed by atoms with Crippen molar-refractivity contribution in [3.05, 3.63) is 70.8 Å². The number of likely N-dealkylation sites (N-methyl/N-ethyl adjacent to an activating group) is 1. The number of aliphatic hydroxyl groups excluding tert-OH is 1. The SMILES string of the molecule is CN[C@@H](C)C(=O)N[C@H](C(=O)N1C[C@@H](OCCO[C@H]2C[C@@H](C(=O)N[C@@H]3CCCc4ccccc43)N(C(=O)[C@@H](NC(=O)[C@@H](N)CO)C(C)(C)C)C2)C[C@H]1C(=O)N[C@@H]1CCCc2ccccc21)C(C)(C)C. The fourth-order valence-corrected chi connectivity index (χ4v) is 9.95. The quantitative estimate of drug-likeness (QED) is 0.114. The molecule has 2 aliphatic carbocycles. The monoisotopic (exact) mass is 945 g/mol. The first-order valence-corrected chi connectivity index (χ1v) is 24.5. The number of rotatable bonds is 17. The van der Waals surface area contributed by atoms with Crippen LogP contribution in [0.3, 0.4) is 0 Å². The number of fused-ring (bicyclic) bond motifs is 2. The number of hydrogen-bond acceptors (Lipinski definition) is 11. The summed E-state index contributed by atoms with van der Waals surface area (Å²) in [6.45, 7) is 12.5. The molecule has 2 heterocycles. The maximum absolute atomic E-state index is 14.6. The van der Waals surface area contributed by atoms with Crippen molar-refractivity contribution in [3.63, 3.8) is 0 Å². The molecule has 0 spiro atoms. The third-order valence-electron chi connectivity index (χ3n) is 14.0. The molecule has 10 atom stereocenters. The predicted molar refractivity (Wildman–Crippen MR) is 257 cm³/mol. The van der Waals surface area contributed by atoms with E-state index in [-0.39, 0.29) is 74.9 Å². The smallest absolute Gasteiger partial charge is 0.246 e. The first-order valence-electron chi connectivity index (χ1n) is 24.5. The Kier molecular flexibility index (Phi) is 17.5. The molecule has 2 aliphatic heterocycles. The van der Waals surface area contributed by atoms with E-state index < -0.39 is 77.7 Å². The summed E-state index contributed by atoms with van der Waals surface area (Å²) in [5, 5.41) is 24.6. The number of nitrogens with zero attached hydrogens (tertiary/aromatic N) is 2. The van der Waals surface area contributed by atoms with Crippen molar-refractivity contribution in [2.45, 2.75) is 160 Å². The number of aryl methyl sites for hydroxylation is 2. The fraction of sp³-hybridized carbons (Fsp3) is 0.647.